The number of pyridine rings is 1. The molecule has 3 fully saturated rings. The number of nitrogens with two attached hydrogens (primary N) is 1. The number of aromatic nitrogens is 4. The summed E-state index contributed by atoms with van der Waals surface area (Å²) in [6.07, 6.45) is 12.8. The van der Waals surface area contributed by atoms with Crippen LogP contribution in [0.15, 0.2) is 55.0 Å². The number of hydrogen-bond donors (Lipinski definition) is 2. The maximum atomic E-state index is 13.2. The Labute approximate surface area is 239 Å². The van der Waals surface area contributed by atoms with E-state index in [-0.39, 0.29) is 23.8 Å². The molecule has 1 aromatic carbocycles. The molecule has 3 aromatic heterocycles. The van der Waals surface area contributed by atoms with Gasteiger partial charge in [-0.2, -0.15) is 0 Å². The Morgan fingerprint density at radius 3 is 2.46 bits per heavy atom. The van der Waals surface area contributed by atoms with Gasteiger partial charge in [0.25, 0.3) is 5.91 Å². The molecule has 7 rings (SSSR count). The first-order valence-corrected chi connectivity index (χ1v) is 14.8. The van der Waals surface area contributed by atoms with Gasteiger partial charge in [0, 0.05) is 54.1 Å². The van der Waals surface area contributed by atoms with Crippen LogP contribution in [0.3, 0.4) is 0 Å². The lowest BCUT2D eigenvalue weighted by Crippen LogP contribution is -2.48. The number of nitrogens with zero attached hydrogens (tertiary/aromatic N) is 5. The fourth-order valence-electron chi connectivity index (χ4n) is 6.24. The van der Waals surface area contributed by atoms with Gasteiger partial charge in [-0.3, -0.25) is 14.0 Å². The minimum atomic E-state index is -0.207. The number of carbonyl (C=O) groups is 2. The van der Waals surface area contributed by atoms with Crippen LogP contribution in [0.5, 0.6) is 0 Å². The average molecular weight is 550 g/mol. The van der Waals surface area contributed by atoms with Crippen LogP contribution in [0.1, 0.15) is 85.5 Å². The summed E-state index contributed by atoms with van der Waals surface area (Å²) in [6, 6.07) is 11.6. The number of imidazole rings is 1. The van der Waals surface area contributed by atoms with E-state index in [0.29, 0.717) is 35.6 Å². The first-order valence-electron chi connectivity index (χ1n) is 14.8. The Morgan fingerprint density at radius 2 is 1.73 bits per heavy atom. The molecule has 210 valence electrons. The Kier molecular flexibility index (Phi) is 6.44. The van der Waals surface area contributed by atoms with E-state index in [4.69, 9.17) is 10.7 Å². The van der Waals surface area contributed by atoms with Crippen molar-refractivity contribution in [2.75, 3.05) is 17.6 Å². The van der Waals surface area contributed by atoms with Crippen LogP contribution >= 0.6 is 0 Å². The van der Waals surface area contributed by atoms with Crippen molar-refractivity contribution in [2.45, 2.75) is 69.7 Å². The third-order valence-electron chi connectivity index (χ3n) is 9.09. The summed E-state index contributed by atoms with van der Waals surface area (Å²) in [5, 5.41) is 2.93. The highest BCUT2D eigenvalue weighted by atomic mass is 16.2. The SMILES string of the molecule is C[C@H]1CC[C@@H](c2nc(-c3ccc(C(=O)Nc4cc(C5CC5)ccn4)cc3)c3c(N)nccn23)CN1C(=O)C1CCC1. The number of amides is 2. The second-order valence-electron chi connectivity index (χ2n) is 11.9. The molecule has 41 heavy (non-hydrogen) atoms. The lowest BCUT2D eigenvalue weighted by atomic mass is 9.82. The minimum Gasteiger partial charge on any atom is -0.382 e. The van der Waals surface area contributed by atoms with E-state index >= 15 is 0 Å². The first-order chi connectivity index (χ1) is 20.0. The molecular formula is C32H35N7O2. The van der Waals surface area contributed by atoms with E-state index in [9.17, 15) is 9.59 Å². The molecule has 1 aliphatic heterocycles. The van der Waals surface area contributed by atoms with Crippen molar-refractivity contribution in [1.29, 1.82) is 0 Å². The molecule has 4 aromatic rings. The largest absolute Gasteiger partial charge is 0.382 e. The number of likely N-dealkylation sites (tertiary alicyclic amines) is 1. The summed E-state index contributed by atoms with van der Waals surface area (Å²) >= 11 is 0. The number of anilines is 2. The van der Waals surface area contributed by atoms with E-state index in [2.05, 4.69) is 27.1 Å². The average Bonchev–Trinajstić information content (AvgIpc) is 3.73. The topological polar surface area (TPSA) is 119 Å². The summed E-state index contributed by atoms with van der Waals surface area (Å²) in [7, 11) is 0. The Balaban J connectivity index is 1.15. The number of rotatable bonds is 6. The van der Waals surface area contributed by atoms with Crippen LogP contribution in [0.4, 0.5) is 11.6 Å². The fourth-order valence-corrected chi connectivity index (χ4v) is 6.24. The van der Waals surface area contributed by atoms with Gasteiger partial charge >= 0.3 is 0 Å². The number of nitrogen functional groups attached to an aromatic ring is 1. The summed E-state index contributed by atoms with van der Waals surface area (Å²) in [6.45, 7) is 2.81. The van der Waals surface area contributed by atoms with Crippen LogP contribution in [0.2, 0.25) is 0 Å². The van der Waals surface area contributed by atoms with E-state index in [1.54, 1.807) is 24.5 Å². The third kappa shape index (κ3) is 4.83. The standard InChI is InChI=1S/C32H35N7O2/c1-19-5-6-25(18-39(19)32(41)23-3-2-4-23)30-37-27(28-29(33)35-15-16-38(28)30)21-9-11-22(12-10-21)31(40)36-26-17-24(13-14-34-26)20-7-8-20/h9-17,19-20,23,25H,2-8,18H2,1H3,(H2,33,35)(H,34,36,40)/t19-,25+/m0/s1. The van der Waals surface area contributed by atoms with Gasteiger partial charge in [0.15, 0.2) is 0 Å². The third-order valence-corrected chi connectivity index (χ3v) is 9.09. The molecule has 2 atom stereocenters. The lowest BCUT2D eigenvalue weighted by molar-refractivity contribution is -0.142. The molecule has 3 aliphatic rings. The first kappa shape index (κ1) is 25.7. The predicted octanol–water partition coefficient (Wildman–Crippen LogP) is 5.40. The highest BCUT2D eigenvalue weighted by molar-refractivity contribution is 6.04. The van der Waals surface area contributed by atoms with Crippen LogP contribution in [0.25, 0.3) is 16.8 Å². The van der Waals surface area contributed by atoms with Crippen LogP contribution in [-0.4, -0.2) is 48.7 Å². The molecule has 0 spiro atoms. The van der Waals surface area contributed by atoms with E-state index in [0.717, 1.165) is 54.7 Å². The molecule has 2 amide bonds. The van der Waals surface area contributed by atoms with Crippen molar-refractivity contribution in [1.82, 2.24) is 24.3 Å². The maximum Gasteiger partial charge on any atom is 0.256 e. The van der Waals surface area contributed by atoms with Crippen molar-refractivity contribution in [2.24, 2.45) is 5.92 Å². The van der Waals surface area contributed by atoms with Gasteiger partial charge in [0.05, 0.1) is 0 Å². The number of benzene rings is 1. The molecule has 3 N–H and O–H groups in total. The second kappa shape index (κ2) is 10.3. The molecule has 2 aliphatic carbocycles. The minimum absolute atomic E-state index is 0.0993. The van der Waals surface area contributed by atoms with Crippen molar-refractivity contribution in [3.05, 3.63) is 71.9 Å². The van der Waals surface area contributed by atoms with Gasteiger partial charge < -0.3 is 16.0 Å². The fraction of sp³-hybridized carbons (Fsp3) is 0.406. The number of nitrogens with one attached hydrogen (secondary N) is 1. The second-order valence-corrected chi connectivity index (χ2v) is 11.9. The zero-order valence-electron chi connectivity index (χ0n) is 23.3. The van der Waals surface area contributed by atoms with Crippen LogP contribution in [-0.2, 0) is 4.79 Å². The van der Waals surface area contributed by atoms with Gasteiger partial charge in [-0.1, -0.05) is 18.6 Å². The van der Waals surface area contributed by atoms with Crippen LogP contribution in [0, 0.1) is 5.92 Å². The van der Waals surface area contributed by atoms with Crippen LogP contribution < -0.4 is 11.1 Å². The molecule has 0 bridgehead atoms. The highest BCUT2D eigenvalue weighted by Crippen LogP contribution is 2.40. The van der Waals surface area contributed by atoms with Gasteiger partial charge in [-0.05, 0) is 81.2 Å². The molecule has 9 nitrogen and oxygen atoms in total. The normalized spacial score (nSPS) is 21.0. The van der Waals surface area contributed by atoms with Gasteiger partial charge in [-0.25, -0.2) is 15.0 Å². The monoisotopic (exact) mass is 549 g/mol. The lowest BCUT2D eigenvalue weighted by Gasteiger charge is -2.41. The van der Waals surface area contributed by atoms with Gasteiger partial charge in [0.1, 0.15) is 28.7 Å². The quantitative estimate of drug-likeness (QED) is 0.333. The maximum absolute atomic E-state index is 13.2. The van der Waals surface area contributed by atoms with Crippen molar-refractivity contribution >= 4 is 29.0 Å². The zero-order chi connectivity index (χ0) is 28.1. The molecular weight excluding hydrogens is 514 g/mol. The number of carbonyl (C=O) groups excluding carboxylic acids is 2. The summed E-state index contributed by atoms with van der Waals surface area (Å²) < 4.78 is 2.03. The molecule has 0 radical (unpaired) electrons. The molecule has 1 saturated heterocycles. The van der Waals surface area contributed by atoms with E-state index in [1.165, 1.54) is 18.4 Å². The highest BCUT2D eigenvalue weighted by Gasteiger charge is 2.37. The summed E-state index contributed by atoms with van der Waals surface area (Å²) in [5.41, 5.74) is 10.5. The van der Waals surface area contributed by atoms with E-state index < -0.39 is 0 Å². The Hall–Kier alpha value is -4.27. The van der Waals surface area contributed by atoms with Crippen molar-refractivity contribution in [3.63, 3.8) is 0 Å². The Bertz CT molecular complexity index is 1620. The molecule has 4 heterocycles. The Morgan fingerprint density at radius 1 is 0.951 bits per heavy atom. The number of hydrogen-bond acceptors (Lipinski definition) is 6. The smallest absolute Gasteiger partial charge is 0.256 e. The summed E-state index contributed by atoms with van der Waals surface area (Å²) in [5.74, 6) is 2.81. The number of piperidine rings is 1. The molecule has 0 unspecified atom stereocenters. The summed E-state index contributed by atoms with van der Waals surface area (Å²) in [4.78, 5) is 42.0. The zero-order valence-corrected chi connectivity index (χ0v) is 23.3. The van der Waals surface area contributed by atoms with Gasteiger partial charge in [0.2, 0.25) is 5.91 Å². The van der Waals surface area contributed by atoms with E-state index in [1.807, 2.05) is 34.9 Å². The molecule has 2 saturated carbocycles. The number of fused-ring (bicyclic) bond motifs is 1. The molecule has 9 heteroatoms. The van der Waals surface area contributed by atoms with Crippen molar-refractivity contribution in [3.8, 4) is 11.3 Å². The predicted molar refractivity (Wildman–Crippen MR) is 157 cm³/mol. The van der Waals surface area contributed by atoms with Gasteiger partial charge in [-0.15, -0.1) is 0 Å². The van der Waals surface area contributed by atoms with Crippen molar-refractivity contribution < 1.29 is 9.59 Å².